The van der Waals surface area contributed by atoms with Crippen LogP contribution in [0.5, 0.6) is 0 Å². The third-order valence-corrected chi connectivity index (χ3v) is 1.88. The Morgan fingerprint density at radius 3 is 2.64 bits per heavy atom. The van der Waals surface area contributed by atoms with Crippen LogP contribution in [-0.2, 0) is 12.7 Å². The Balaban J connectivity index is 2.69. The summed E-state index contributed by atoms with van der Waals surface area (Å²) in [4.78, 5) is 0. The minimum atomic E-state index is -4.37. The van der Waals surface area contributed by atoms with Crippen LogP contribution in [0.1, 0.15) is 19.0 Å². The van der Waals surface area contributed by atoms with E-state index in [-0.39, 0.29) is 6.04 Å². The molecule has 0 amide bonds. The van der Waals surface area contributed by atoms with Gasteiger partial charge in [0.2, 0.25) is 0 Å². The lowest BCUT2D eigenvalue weighted by atomic mass is 10.2. The Morgan fingerprint density at radius 2 is 2.21 bits per heavy atom. The molecule has 0 aliphatic heterocycles. The van der Waals surface area contributed by atoms with Gasteiger partial charge >= 0.3 is 6.18 Å². The third-order valence-electron chi connectivity index (χ3n) is 1.88. The highest BCUT2D eigenvalue weighted by Crippen LogP contribution is 2.27. The van der Waals surface area contributed by atoms with E-state index < -0.39 is 11.9 Å². The largest absolute Gasteiger partial charge is 0.435 e. The zero-order valence-electron chi connectivity index (χ0n) is 7.75. The molecule has 0 spiro atoms. The zero-order chi connectivity index (χ0) is 10.8. The lowest BCUT2D eigenvalue weighted by molar-refractivity contribution is -0.141. The normalized spacial score (nSPS) is 14.4. The molecule has 3 nitrogen and oxygen atoms in total. The van der Waals surface area contributed by atoms with E-state index in [1.165, 1.54) is 10.9 Å². The standard InChI is InChI=1S/C8H12F3N3/c1-2-6(12)5-14-4-3-7(13-14)8(9,10)11/h3-4,6H,2,5,12H2,1H3. The van der Waals surface area contributed by atoms with Crippen LogP contribution < -0.4 is 5.73 Å². The van der Waals surface area contributed by atoms with Gasteiger partial charge in [0, 0.05) is 12.2 Å². The molecule has 0 radical (unpaired) electrons. The molecule has 0 aliphatic rings. The summed E-state index contributed by atoms with van der Waals surface area (Å²) in [5.41, 5.74) is 4.71. The van der Waals surface area contributed by atoms with E-state index in [0.29, 0.717) is 13.0 Å². The Kier molecular flexibility index (Phi) is 3.15. The second-order valence-electron chi connectivity index (χ2n) is 3.09. The van der Waals surface area contributed by atoms with Crippen molar-refractivity contribution in [1.29, 1.82) is 0 Å². The molecule has 0 fully saturated rings. The van der Waals surface area contributed by atoms with Crippen molar-refractivity contribution in [3.05, 3.63) is 18.0 Å². The Hall–Kier alpha value is -1.04. The van der Waals surface area contributed by atoms with Gasteiger partial charge in [-0.1, -0.05) is 6.92 Å². The number of hydrogen-bond acceptors (Lipinski definition) is 2. The summed E-state index contributed by atoms with van der Waals surface area (Å²) in [6.45, 7) is 2.19. The molecule has 0 saturated carbocycles. The van der Waals surface area contributed by atoms with Crippen molar-refractivity contribution in [2.75, 3.05) is 0 Å². The maximum Gasteiger partial charge on any atom is 0.435 e. The van der Waals surface area contributed by atoms with Crippen LogP contribution in [0.4, 0.5) is 13.2 Å². The summed E-state index contributed by atoms with van der Waals surface area (Å²) >= 11 is 0. The van der Waals surface area contributed by atoms with Gasteiger partial charge in [-0.05, 0) is 12.5 Å². The van der Waals surface area contributed by atoms with Crippen LogP contribution in [0.2, 0.25) is 0 Å². The molecule has 2 N–H and O–H groups in total. The maximum absolute atomic E-state index is 12.1. The summed E-state index contributed by atoms with van der Waals surface area (Å²) in [5.74, 6) is 0. The molecule has 1 heterocycles. The fraction of sp³-hybridized carbons (Fsp3) is 0.625. The van der Waals surface area contributed by atoms with E-state index in [9.17, 15) is 13.2 Å². The van der Waals surface area contributed by atoms with E-state index in [1.54, 1.807) is 0 Å². The van der Waals surface area contributed by atoms with Crippen LogP contribution in [0.3, 0.4) is 0 Å². The second kappa shape index (κ2) is 4.00. The van der Waals surface area contributed by atoms with Crippen LogP contribution in [-0.4, -0.2) is 15.8 Å². The van der Waals surface area contributed by atoms with Gasteiger partial charge in [-0.25, -0.2) is 0 Å². The van der Waals surface area contributed by atoms with Crippen molar-refractivity contribution >= 4 is 0 Å². The van der Waals surface area contributed by atoms with Crippen LogP contribution in [0.15, 0.2) is 12.3 Å². The Morgan fingerprint density at radius 1 is 1.57 bits per heavy atom. The van der Waals surface area contributed by atoms with Crippen LogP contribution in [0, 0.1) is 0 Å². The number of nitrogens with zero attached hydrogens (tertiary/aromatic N) is 2. The summed E-state index contributed by atoms with van der Waals surface area (Å²) in [5, 5.41) is 3.38. The second-order valence-corrected chi connectivity index (χ2v) is 3.09. The van der Waals surface area contributed by atoms with E-state index >= 15 is 0 Å². The first-order valence-electron chi connectivity index (χ1n) is 4.29. The molecule has 1 unspecified atom stereocenters. The third kappa shape index (κ3) is 2.73. The van der Waals surface area contributed by atoms with E-state index in [4.69, 9.17) is 5.73 Å². The monoisotopic (exact) mass is 207 g/mol. The molecule has 0 saturated heterocycles. The highest BCUT2D eigenvalue weighted by molar-refractivity contribution is 5.03. The number of rotatable bonds is 3. The molecule has 0 bridgehead atoms. The van der Waals surface area contributed by atoms with Gasteiger partial charge in [-0.15, -0.1) is 0 Å². The number of hydrogen-bond donors (Lipinski definition) is 1. The molecule has 80 valence electrons. The molecular formula is C8H12F3N3. The van der Waals surface area contributed by atoms with Crippen molar-refractivity contribution in [1.82, 2.24) is 9.78 Å². The summed E-state index contributed by atoms with van der Waals surface area (Å²) in [6, 6.07) is 0.790. The lowest BCUT2D eigenvalue weighted by Gasteiger charge is -2.08. The van der Waals surface area contributed by atoms with Crippen molar-refractivity contribution in [3.63, 3.8) is 0 Å². The predicted octanol–water partition coefficient (Wildman–Crippen LogP) is 1.64. The Labute approximate surface area is 79.7 Å². The number of alkyl halides is 3. The van der Waals surface area contributed by atoms with Gasteiger partial charge in [-0.2, -0.15) is 18.3 Å². The summed E-state index contributed by atoms with van der Waals surface area (Å²) < 4.78 is 37.6. The van der Waals surface area contributed by atoms with Crippen LogP contribution >= 0.6 is 0 Å². The van der Waals surface area contributed by atoms with Gasteiger partial charge in [-0.3, -0.25) is 4.68 Å². The van der Waals surface area contributed by atoms with E-state index in [0.717, 1.165) is 6.07 Å². The summed E-state index contributed by atoms with van der Waals surface area (Å²) in [7, 11) is 0. The number of halogens is 3. The minimum absolute atomic E-state index is 0.156. The molecule has 1 atom stereocenters. The molecule has 1 aromatic rings. The smallest absolute Gasteiger partial charge is 0.326 e. The van der Waals surface area contributed by atoms with Gasteiger partial charge in [0.15, 0.2) is 5.69 Å². The first-order valence-corrected chi connectivity index (χ1v) is 4.29. The van der Waals surface area contributed by atoms with Gasteiger partial charge in [0.1, 0.15) is 0 Å². The van der Waals surface area contributed by atoms with E-state index in [2.05, 4.69) is 5.10 Å². The quantitative estimate of drug-likeness (QED) is 0.818. The molecule has 14 heavy (non-hydrogen) atoms. The van der Waals surface area contributed by atoms with Crippen molar-refractivity contribution in [3.8, 4) is 0 Å². The van der Waals surface area contributed by atoms with Crippen molar-refractivity contribution < 1.29 is 13.2 Å². The van der Waals surface area contributed by atoms with Gasteiger partial charge in [0.05, 0.1) is 6.54 Å². The Bertz CT molecular complexity index is 292. The van der Waals surface area contributed by atoms with Gasteiger partial charge < -0.3 is 5.73 Å². The molecule has 0 aromatic carbocycles. The predicted molar refractivity (Wildman–Crippen MR) is 45.5 cm³/mol. The average Bonchev–Trinajstić information content (AvgIpc) is 2.51. The minimum Gasteiger partial charge on any atom is -0.326 e. The molecular weight excluding hydrogens is 195 g/mol. The zero-order valence-corrected chi connectivity index (χ0v) is 7.75. The van der Waals surface area contributed by atoms with Gasteiger partial charge in [0.25, 0.3) is 0 Å². The van der Waals surface area contributed by atoms with Crippen molar-refractivity contribution in [2.24, 2.45) is 5.73 Å². The van der Waals surface area contributed by atoms with Crippen molar-refractivity contribution in [2.45, 2.75) is 32.1 Å². The first-order chi connectivity index (χ1) is 6.43. The molecule has 1 rings (SSSR count). The fourth-order valence-electron chi connectivity index (χ4n) is 0.984. The number of nitrogens with two attached hydrogens (primary N) is 1. The highest BCUT2D eigenvalue weighted by Gasteiger charge is 2.33. The molecule has 1 aromatic heterocycles. The lowest BCUT2D eigenvalue weighted by Crippen LogP contribution is -2.25. The molecule has 6 heteroatoms. The van der Waals surface area contributed by atoms with Crippen LogP contribution in [0.25, 0.3) is 0 Å². The topological polar surface area (TPSA) is 43.8 Å². The number of aromatic nitrogens is 2. The summed E-state index contributed by atoms with van der Waals surface area (Å²) in [6.07, 6.45) is -2.37. The average molecular weight is 207 g/mol. The SMILES string of the molecule is CCC(N)Cn1ccc(C(F)(F)F)n1. The molecule has 0 aliphatic carbocycles. The fourth-order valence-corrected chi connectivity index (χ4v) is 0.984. The van der Waals surface area contributed by atoms with E-state index in [1.807, 2.05) is 6.92 Å². The maximum atomic E-state index is 12.1. The highest BCUT2D eigenvalue weighted by atomic mass is 19.4. The first kappa shape index (κ1) is 11.0.